The van der Waals surface area contributed by atoms with Crippen LogP contribution in [0.1, 0.15) is 24.0 Å². The van der Waals surface area contributed by atoms with Gasteiger partial charge in [0.2, 0.25) is 0 Å². The van der Waals surface area contributed by atoms with Gasteiger partial charge in [0.15, 0.2) is 24.6 Å². The number of carbonyl (C=O) groups is 3. The van der Waals surface area contributed by atoms with Crippen molar-refractivity contribution in [3.63, 3.8) is 0 Å². The Morgan fingerprint density at radius 3 is 1.78 bits per heavy atom. The molecule has 0 aromatic heterocycles. The molecule has 2 aliphatic rings. The molecule has 0 aliphatic carbocycles. The summed E-state index contributed by atoms with van der Waals surface area (Å²) < 4.78 is 29.4. The molecular weight excluding hydrogens is 590 g/mol. The summed E-state index contributed by atoms with van der Waals surface area (Å²) in [6, 6.07) is 27.8. The summed E-state index contributed by atoms with van der Waals surface area (Å²) in [6.07, 6.45) is -1.94. The summed E-state index contributed by atoms with van der Waals surface area (Å²) in [4.78, 5) is 40.8. The third-order valence-corrected chi connectivity index (χ3v) is 8.10. The van der Waals surface area contributed by atoms with Crippen LogP contribution >= 0.6 is 0 Å². The number of aliphatic hydroxyl groups is 1. The van der Waals surface area contributed by atoms with Crippen molar-refractivity contribution < 1.29 is 43.2 Å². The fourth-order valence-corrected chi connectivity index (χ4v) is 5.71. The molecule has 10 heteroatoms. The van der Waals surface area contributed by atoms with Crippen LogP contribution in [0.3, 0.4) is 0 Å². The van der Waals surface area contributed by atoms with E-state index in [1.165, 1.54) is 7.11 Å². The fourth-order valence-electron chi connectivity index (χ4n) is 5.71. The SMILES string of the molecule is CO[C@H]1O[C@H](CO)[C@@H](OC(=O)Nc2ccccc2)[C@@H]2OC(=O)[C@H](Cc3ccccc3)CC=CC[C@@H](Cc3ccccc3)C(=O)O[C@@H]12. The highest BCUT2D eigenvalue weighted by Gasteiger charge is 2.53. The van der Waals surface area contributed by atoms with E-state index in [1.54, 1.807) is 30.3 Å². The minimum atomic E-state index is -1.35. The molecule has 0 unspecified atom stereocenters. The number of anilines is 1. The summed E-state index contributed by atoms with van der Waals surface area (Å²) in [7, 11) is 1.35. The lowest BCUT2D eigenvalue weighted by Crippen LogP contribution is -2.63. The monoisotopic (exact) mass is 629 g/mol. The van der Waals surface area contributed by atoms with Gasteiger partial charge < -0.3 is 28.8 Å². The molecule has 0 bridgehead atoms. The van der Waals surface area contributed by atoms with E-state index in [-0.39, 0.29) is 0 Å². The number of nitrogens with one attached hydrogen (secondary N) is 1. The molecular formula is C36H39NO9. The van der Waals surface area contributed by atoms with E-state index in [0.717, 1.165) is 11.1 Å². The van der Waals surface area contributed by atoms with E-state index >= 15 is 0 Å². The van der Waals surface area contributed by atoms with E-state index in [2.05, 4.69) is 5.32 Å². The van der Waals surface area contributed by atoms with Gasteiger partial charge >= 0.3 is 18.0 Å². The maximum Gasteiger partial charge on any atom is 0.412 e. The second-order valence-corrected chi connectivity index (χ2v) is 11.3. The molecule has 3 aromatic rings. The summed E-state index contributed by atoms with van der Waals surface area (Å²) in [6.45, 7) is -0.593. The molecule has 1 fully saturated rings. The van der Waals surface area contributed by atoms with Crippen LogP contribution in [0.5, 0.6) is 0 Å². The smallest absolute Gasteiger partial charge is 0.412 e. The molecule has 2 N–H and O–H groups in total. The Labute approximate surface area is 268 Å². The Hall–Kier alpha value is -4.51. The number of methoxy groups -OCH3 is 1. The largest absolute Gasteiger partial charge is 0.454 e. The van der Waals surface area contributed by atoms with Crippen molar-refractivity contribution in [3.05, 3.63) is 114 Å². The number of allylic oxidation sites excluding steroid dienone is 2. The third-order valence-electron chi connectivity index (χ3n) is 8.10. The van der Waals surface area contributed by atoms with Gasteiger partial charge in [0, 0.05) is 12.8 Å². The highest BCUT2D eigenvalue weighted by molar-refractivity contribution is 5.84. The van der Waals surface area contributed by atoms with Gasteiger partial charge in [-0.05, 0) is 48.9 Å². The van der Waals surface area contributed by atoms with Crippen LogP contribution in [0.15, 0.2) is 103 Å². The number of rotatable bonds is 8. The lowest BCUT2D eigenvalue weighted by molar-refractivity contribution is -0.300. The highest BCUT2D eigenvalue weighted by atomic mass is 16.7. The van der Waals surface area contributed by atoms with Crippen molar-refractivity contribution in [2.45, 2.75) is 56.4 Å². The Morgan fingerprint density at radius 1 is 0.783 bits per heavy atom. The first-order chi connectivity index (χ1) is 22.4. The average Bonchev–Trinajstić information content (AvgIpc) is 3.07. The Bertz CT molecular complexity index is 1450. The number of para-hydroxylation sites is 1. The van der Waals surface area contributed by atoms with Gasteiger partial charge in [0.1, 0.15) is 6.10 Å². The number of fused-ring (bicyclic) bond motifs is 1. The van der Waals surface area contributed by atoms with Gasteiger partial charge in [-0.2, -0.15) is 0 Å². The van der Waals surface area contributed by atoms with Crippen molar-refractivity contribution in [2.75, 3.05) is 19.0 Å². The number of benzene rings is 3. The average molecular weight is 630 g/mol. The highest BCUT2D eigenvalue weighted by Crippen LogP contribution is 2.32. The number of ether oxygens (including phenoxy) is 5. The lowest BCUT2D eigenvalue weighted by atomic mass is 9.92. The summed E-state index contributed by atoms with van der Waals surface area (Å²) in [5.74, 6) is -2.30. The van der Waals surface area contributed by atoms with Crippen molar-refractivity contribution in [1.82, 2.24) is 0 Å². The van der Waals surface area contributed by atoms with Crippen LogP contribution in [-0.2, 0) is 46.1 Å². The van der Waals surface area contributed by atoms with Gasteiger partial charge in [0.05, 0.1) is 18.4 Å². The summed E-state index contributed by atoms with van der Waals surface area (Å²) in [5, 5.41) is 12.9. The van der Waals surface area contributed by atoms with Crippen molar-refractivity contribution in [1.29, 1.82) is 0 Å². The minimum absolute atomic E-state index is 0.353. The van der Waals surface area contributed by atoms with E-state index < -0.39 is 67.2 Å². The molecule has 10 nitrogen and oxygen atoms in total. The minimum Gasteiger partial charge on any atom is -0.454 e. The van der Waals surface area contributed by atoms with E-state index in [4.69, 9.17) is 23.7 Å². The molecule has 1 saturated heterocycles. The van der Waals surface area contributed by atoms with Crippen LogP contribution in [0.25, 0.3) is 0 Å². The zero-order chi connectivity index (χ0) is 32.3. The van der Waals surface area contributed by atoms with Crippen molar-refractivity contribution in [3.8, 4) is 0 Å². The van der Waals surface area contributed by atoms with Crippen LogP contribution in [0.2, 0.25) is 0 Å². The van der Waals surface area contributed by atoms with Gasteiger partial charge in [-0.3, -0.25) is 14.9 Å². The molecule has 0 spiro atoms. The Morgan fingerprint density at radius 2 is 1.28 bits per heavy atom. The zero-order valence-electron chi connectivity index (χ0n) is 25.6. The van der Waals surface area contributed by atoms with Crippen molar-refractivity contribution in [2.24, 2.45) is 11.8 Å². The molecule has 2 heterocycles. The van der Waals surface area contributed by atoms with Crippen LogP contribution < -0.4 is 5.32 Å². The zero-order valence-corrected chi connectivity index (χ0v) is 25.6. The number of hydrogen-bond acceptors (Lipinski definition) is 9. The topological polar surface area (TPSA) is 130 Å². The first-order valence-electron chi connectivity index (χ1n) is 15.4. The quantitative estimate of drug-likeness (QED) is 0.204. The molecule has 5 rings (SSSR count). The predicted octanol–water partition coefficient (Wildman–Crippen LogP) is 4.86. The first-order valence-corrected chi connectivity index (χ1v) is 15.4. The van der Waals surface area contributed by atoms with Crippen LogP contribution in [0, 0.1) is 11.8 Å². The molecule has 46 heavy (non-hydrogen) atoms. The standard InChI is InChI=1S/C36H39NO9/c1-42-35-32-31(30(29(23-38)43-35)46-36(41)37-28-19-9-4-10-20-28)44-33(39)26(21-24-13-5-2-6-14-24)17-11-12-18-27(34(40)45-32)22-25-15-7-3-8-16-25/h2-16,19-20,26-27,29-32,35,38H,17-18,21-23H2,1H3,(H,37,41)/t26-,27-,29+,30+,31-,32+,35-/m0/s1. The molecule has 2 aliphatic heterocycles. The van der Waals surface area contributed by atoms with Gasteiger partial charge in [0.25, 0.3) is 0 Å². The second kappa shape index (κ2) is 16.2. The summed E-state index contributed by atoms with van der Waals surface area (Å²) in [5.41, 5.74) is 2.37. The second-order valence-electron chi connectivity index (χ2n) is 11.3. The van der Waals surface area contributed by atoms with E-state index in [0.29, 0.717) is 31.4 Å². The molecule has 0 saturated carbocycles. The van der Waals surface area contributed by atoms with Gasteiger partial charge in [-0.1, -0.05) is 91.0 Å². The lowest BCUT2D eigenvalue weighted by Gasteiger charge is -2.44. The van der Waals surface area contributed by atoms with E-state index in [9.17, 15) is 19.5 Å². The first kappa shape index (κ1) is 32.9. The summed E-state index contributed by atoms with van der Waals surface area (Å²) >= 11 is 0. The van der Waals surface area contributed by atoms with Crippen LogP contribution in [-0.4, -0.2) is 67.6 Å². The maximum absolute atomic E-state index is 13.9. The number of carbonyl (C=O) groups excluding carboxylic acids is 3. The predicted molar refractivity (Wildman–Crippen MR) is 168 cm³/mol. The van der Waals surface area contributed by atoms with Crippen LogP contribution in [0.4, 0.5) is 10.5 Å². The number of esters is 2. The Balaban J connectivity index is 1.49. The molecule has 1 amide bonds. The maximum atomic E-state index is 13.9. The van der Waals surface area contributed by atoms with E-state index in [1.807, 2.05) is 72.8 Å². The molecule has 7 atom stereocenters. The number of amides is 1. The third kappa shape index (κ3) is 8.60. The van der Waals surface area contributed by atoms with Gasteiger partial charge in [-0.25, -0.2) is 4.79 Å². The normalized spacial score (nSPS) is 26.8. The number of aliphatic hydroxyl groups excluding tert-OH is 1. The van der Waals surface area contributed by atoms with Gasteiger partial charge in [-0.15, -0.1) is 0 Å². The molecule has 3 aromatic carbocycles. The number of hydrogen-bond donors (Lipinski definition) is 2. The molecule has 242 valence electrons. The Kier molecular flexibility index (Phi) is 11.6. The molecule has 0 radical (unpaired) electrons. The fraction of sp³-hybridized carbons (Fsp3) is 0.361. The van der Waals surface area contributed by atoms with Crippen molar-refractivity contribution >= 4 is 23.7 Å².